The first-order chi connectivity index (χ1) is 10.2. The molecule has 0 aliphatic carbocycles. The van der Waals surface area contributed by atoms with Crippen LogP contribution in [0, 0.1) is 6.07 Å². The molecule has 1 radical (unpaired) electrons. The van der Waals surface area contributed by atoms with Crippen molar-refractivity contribution in [1.29, 1.82) is 0 Å². The molecule has 0 aliphatic heterocycles. The van der Waals surface area contributed by atoms with Gasteiger partial charge in [0.25, 0.3) is 0 Å². The zero-order valence-electron chi connectivity index (χ0n) is 12.5. The van der Waals surface area contributed by atoms with E-state index < -0.39 is 0 Å². The molecule has 0 aliphatic rings. The molecular weight excluding hydrogens is 262 g/mol. The summed E-state index contributed by atoms with van der Waals surface area (Å²) in [6.07, 6.45) is 0.249. The van der Waals surface area contributed by atoms with Gasteiger partial charge in [-0.3, -0.25) is 4.79 Å². The molecule has 0 spiro atoms. The number of phenolic OH excluding ortho intramolecular Hbond substituents is 1. The number of nitrogens with zero attached hydrogens (tertiary/aromatic N) is 1. The van der Waals surface area contributed by atoms with Crippen LogP contribution in [0.15, 0.2) is 42.5 Å². The van der Waals surface area contributed by atoms with E-state index in [0.717, 1.165) is 24.3 Å². The van der Waals surface area contributed by atoms with E-state index in [9.17, 15) is 9.90 Å². The lowest BCUT2D eigenvalue weighted by atomic mass is 10.0. The van der Waals surface area contributed by atoms with Crippen molar-refractivity contribution in [2.45, 2.75) is 20.3 Å². The number of carbonyl (C=O) groups excluding carboxylic acids is 1. The number of benzene rings is 2. The molecule has 3 heteroatoms. The Morgan fingerprint density at radius 1 is 1.19 bits per heavy atom. The van der Waals surface area contributed by atoms with Crippen LogP contribution in [0.1, 0.15) is 29.8 Å². The van der Waals surface area contributed by atoms with Gasteiger partial charge < -0.3 is 10.0 Å². The van der Waals surface area contributed by atoms with E-state index in [4.69, 9.17) is 0 Å². The molecular formula is C18H20NO2. The summed E-state index contributed by atoms with van der Waals surface area (Å²) in [5.41, 5.74) is 2.12. The van der Waals surface area contributed by atoms with E-state index in [0.29, 0.717) is 5.56 Å². The molecule has 2 aromatic rings. The highest BCUT2D eigenvalue weighted by atomic mass is 16.3. The maximum atomic E-state index is 12.3. The fourth-order valence-corrected chi connectivity index (χ4v) is 2.35. The van der Waals surface area contributed by atoms with E-state index in [-0.39, 0.29) is 18.0 Å². The standard InChI is InChI=1S/C18H20NO2/c1-3-19(4-2)15-10-11-16(18(21)13-15)17(20)12-14-8-6-5-7-9-14/h5-8,10-11,13,21H,3-4,12H2,1-2H3. The van der Waals surface area contributed by atoms with Crippen molar-refractivity contribution in [1.82, 2.24) is 0 Å². The predicted octanol–water partition coefficient (Wildman–Crippen LogP) is 3.46. The third-order valence-corrected chi connectivity index (χ3v) is 3.53. The molecule has 0 amide bonds. The molecule has 0 fully saturated rings. The number of ketones is 1. The van der Waals surface area contributed by atoms with E-state index in [1.807, 2.05) is 24.3 Å². The molecule has 0 unspecified atom stereocenters. The van der Waals surface area contributed by atoms with Crippen molar-refractivity contribution >= 4 is 11.5 Å². The lowest BCUT2D eigenvalue weighted by molar-refractivity contribution is 0.0990. The minimum Gasteiger partial charge on any atom is -0.507 e. The molecule has 2 aromatic carbocycles. The smallest absolute Gasteiger partial charge is 0.170 e. The van der Waals surface area contributed by atoms with E-state index >= 15 is 0 Å². The second-order valence-corrected chi connectivity index (χ2v) is 4.86. The van der Waals surface area contributed by atoms with Gasteiger partial charge in [0.1, 0.15) is 5.75 Å². The number of phenols is 1. The van der Waals surface area contributed by atoms with Crippen LogP contribution in [0.3, 0.4) is 0 Å². The van der Waals surface area contributed by atoms with Crippen LogP contribution in [0.5, 0.6) is 5.75 Å². The molecule has 0 saturated carbocycles. The summed E-state index contributed by atoms with van der Waals surface area (Å²) in [5.74, 6) is -0.0543. The summed E-state index contributed by atoms with van der Waals surface area (Å²) in [7, 11) is 0. The fraction of sp³-hybridized carbons (Fsp3) is 0.278. The molecule has 1 N–H and O–H groups in total. The lowest BCUT2D eigenvalue weighted by Crippen LogP contribution is -2.21. The van der Waals surface area contributed by atoms with Gasteiger partial charge in [0.15, 0.2) is 5.78 Å². The number of hydrogen-bond donors (Lipinski definition) is 1. The maximum Gasteiger partial charge on any atom is 0.170 e. The first-order valence-electron chi connectivity index (χ1n) is 7.22. The zero-order valence-corrected chi connectivity index (χ0v) is 12.5. The Bertz CT molecular complexity index is 604. The third kappa shape index (κ3) is 3.63. The quantitative estimate of drug-likeness (QED) is 0.825. The second kappa shape index (κ2) is 6.93. The maximum absolute atomic E-state index is 12.3. The van der Waals surface area contributed by atoms with Crippen molar-refractivity contribution in [3.05, 3.63) is 59.7 Å². The molecule has 2 rings (SSSR count). The Morgan fingerprint density at radius 2 is 1.95 bits per heavy atom. The van der Waals surface area contributed by atoms with Gasteiger partial charge in [0.2, 0.25) is 0 Å². The molecule has 3 nitrogen and oxygen atoms in total. The average molecular weight is 282 g/mol. The highest BCUT2D eigenvalue weighted by Gasteiger charge is 2.13. The highest BCUT2D eigenvalue weighted by molar-refractivity contribution is 6.00. The Morgan fingerprint density at radius 3 is 2.52 bits per heavy atom. The molecule has 109 valence electrons. The van der Waals surface area contributed by atoms with Gasteiger partial charge in [0, 0.05) is 31.3 Å². The molecule has 0 aromatic heterocycles. The summed E-state index contributed by atoms with van der Waals surface area (Å²) in [5, 5.41) is 10.1. The first-order valence-corrected chi connectivity index (χ1v) is 7.22. The topological polar surface area (TPSA) is 40.5 Å². The highest BCUT2D eigenvalue weighted by Crippen LogP contribution is 2.25. The van der Waals surface area contributed by atoms with Gasteiger partial charge >= 0.3 is 0 Å². The summed E-state index contributed by atoms with van der Waals surface area (Å²) >= 11 is 0. The van der Waals surface area contributed by atoms with Gasteiger partial charge in [-0.25, -0.2) is 0 Å². The van der Waals surface area contributed by atoms with Gasteiger partial charge in [-0.2, -0.15) is 0 Å². The fourth-order valence-electron chi connectivity index (χ4n) is 2.35. The number of rotatable bonds is 6. The normalized spacial score (nSPS) is 10.4. The number of Topliss-reactive ketones (excluding diaryl/α,β-unsaturated/α-hetero) is 1. The van der Waals surface area contributed by atoms with E-state index in [1.165, 1.54) is 0 Å². The summed E-state index contributed by atoms with van der Waals surface area (Å²) < 4.78 is 0. The van der Waals surface area contributed by atoms with Crippen LogP contribution in [-0.4, -0.2) is 24.0 Å². The number of carbonyl (C=O) groups is 1. The van der Waals surface area contributed by atoms with Crippen molar-refractivity contribution in [3.63, 3.8) is 0 Å². The first kappa shape index (κ1) is 15.1. The van der Waals surface area contributed by atoms with Crippen LogP contribution in [-0.2, 0) is 6.42 Å². The Labute approximate surface area is 125 Å². The Kier molecular flexibility index (Phi) is 4.99. The Balaban J connectivity index is 2.19. The SMILES string of the molecule is CCN(CC)c1ccc(C(=O)Cc2[c]cccc2)c(O)c1. The molecule has 0 heterocycles. The van der Waals surface area contributed by atoms with Crippen LogP contribution in [0.4, 0.5) is 5.69 Å². The van der Waals surface area contributed by atoms with Crippen LogP contribution >= 0.6 is 0 Å². The largest absolute Gasteiger partial charge is 0.507 e. The zero-order chi connectivity index (χ0) is 15.2. The molecule has 0 saturated heterocycles. The van der Waals surface area contributed by atoms with Crippen molar-refractivity contribution in [2.24, 2.45) is 0 Å². The molecule has 0 atom stereocenters. The average Bonchev–Trinajstić information content (AvgIpc) is 2.49. The minimum atomic E-state index is -0.0963. The Hall–Kier alpha value is -2.29. The number of aromatic hydroxyl groups is 1. The molecule has 0 bridgehead atoms. The van der Waals surface area contributed by atoms with Gasteiger partial charge in [-0.05, 0) is 37.6 Å². The third-order valence-electron chi connectivity index (χ3n) is 3.53. The van der Waals surface area contributed by atoms with Gasteiger partial charge in [-0.15, -0.1) is 0 Å². The second-order valence-electron chi connectivity index (χ2n) is 4.86. The van der Waals surface area contributed by atoms with Gasteiger partial charge in [0.05, 0.1) is 5.56 Å². The predicted molar refractivity (Wildman–Crippen MR) is 85.0 cm³/mol. The lowest BCUT2D eigenvalue weighted by Gasteiger charge is -2.21. The summed E-state index contributed by atoms with van der Waals surface area (Å²) in [6, 6.07) is 15.7. The van der Waals surface area contributed by atoms with Crippen molar-refractivity contribution in [2.75, 3.05) is 18.0 Å². The van der Waals surface area contributed by atoms with Crippen molar-refractivity contribution in [3.8, 4) is 5.75 Å². The van der Waals surface area contributed by atoms with Crippen LogP contribution in [0.25, 0.3) is 0 Å². The van der Waals surface area contributed by atoms with Gasteiger partial charge in [-0.1, -0.05) is 24.3 Å². The van der Waals surface area contributed by atoms with E-state index in [2.05, 4.69) is 24.8 Å². The van der Waals surface area contributed by atoms with Crippen molar-refractivity contribution < 1.29 is 9.90 Å². The minimum absolute atomic E-state index is 0.0420. The number of anilines is 1. The van der Waals surface area contributed by atoms with Crippen LogP contribution < -0.4 is 4.90 Å². The van der Waals surface area contributed by atoms with E-state index in [1.54, 1.807) is 18.2 Å². The summed E-state index contributed by atoms with van der Waals surface area (Å²) in [4.78, 5) is 14.4. The number of hydrogen-bond acceptors (Lipinski definition) is 3. The molecule has 21 heavy (non-hydrogen) atoms. The summed E-state index contributed by atoms with van der Waals surface area (Å²) in [6.45, 7) is 5.85. The monoisotopic (exact) mass is 282 g/mol. The van der Waals surface area contributed by atoms with Crippen LogP contribution in [0.2, 0.25) is 0 Å².